The number of nitrogens with two attached hydrogens (primary N) is 1. The molecule has 2 rings (SSSR count). The Labute approximate surface area is 95.3 Å². The number of nitrogens with zero attached hydrogens (tertiary/aromatic N) is 2. The molecule has 1 aromatic rings. The van der Waals surface area contributed by atoms with Crippen molar-refractivity contribution in [3.8, 4) is 0 Å². The van der Waals surface area contributed by atoms with Gasteiger partial charge < -0.3 is 5.73 Å². The first kappa shape index (κ1) is 11.0. The minimum Gasteiger partial charge on any atom is -0.330 e. The monoisotopic (exact) mass is 225 g/mol. The van der Waals surface area contributed by atoms with Crippen molar-refractivity contribution in [3.63, 3.8) is 0 Å². The summed E-state index contributed by atoms with van der Waals surface area (Å²) in [4.78, 5) is 7.00. The summed E-state index contributed by atoms with van der Waals surface area (Å²) in [6.07, 6.45) is 1.24. The van der Waals surface area contributed by atoms with E-state index in [1.807, 2.05) is 0 Å². The summed E-state index contributed by atoms with van der Waals surface area (Å²) >= 11 is 1.73. The lowest BCUT2D eigenvalue weighted by Crippen LogP contribution is -2.27. The van der Waals surface area contributed by atoms with E-state index in [4.69, 9.17) is 5.73 Å². The quantitative estimate of drug-likeness (QED) is 0.850. The van der Waals surface area contributed by atoms with E-state index in [0.717, 1.165) is 24.6 Å². The second-order valence-electron chi connectivity index (χ2n) is 4.47. The van der Waals surface area contributed by atoms with Crippen LogP contribution in [0.1, 0.15) is 24.0 Å². The Kier molecular flexibility index (Phi) is 3.38. The van der Waals surface area contributed by atoms with Gasteiger partial charge >= 0.3 is 0 Å². The summed E-state index contributed by atoms with van der Waals surface area (Å²) in [5, 5.41) is 3.32. The molecule has 0 radical (unpaired) electrons. The predicted octanol–water partition coefficient (Wildman–Crippen LogP) is 1.62. The Hall–Kier alpha value is -0.450. The molecule has 2 unspecified atom stereocenters. The zero-order chi connectivity index (χ0) is 10.8. The van der Waals surface area contributed by atoms with Gasteiger partial charge in [-0.05, 0) is 32.7 Å². The molecule has 4 heteroatoms. The molecule has 15 heavy (non-hydrogen) atoms. The van der Waals surface area contributed by atoms with E-state index in [1.54, 1.807) is 11.3 Å². The maximum absolute atomic E-state index is 5.72. The SMILES string of the molecule is Cc1nc(CN2CC(CN)CC2C)cs1. The molecule has 2 heterocycles. The van der Waals surface area contributed by atoms with Crippen molar-refractivity contribution in [1.82, 2.24) is 9.88 Å². The number of thiazole rings is 1. The molecule has 0 aromatic carbocycles. The van der Waals surface area contributed by atoms with Crippen LogP contribution in [0.2, 0.25) is 0 Å². The molecule has 0 aliphatic carbocycles. The van der Waals surface area contributed by atoms with E-state index in [2.05, 4.69) is 29.1 Å². The highest BCUT2D eigenvalue weighted by Crippen LogP contribution is 2.24. The van der Waals surface area contributed by atoms with E-state index >= 15 is 0 Å². The number of aryl methyl sites for hydroxylation is 1. The molecule has 3 nitrogen and oxygen atoms in total. The van der Waals surface area contributed by atoms with Crippen LogP contribution in [-0.2, 0) is 6.54 Å². The van der Waals surface area contributed by atoms with Gasteiger partial charge in [0.05, 0.1) is 10.7 Å². The number of rotatable bonds is 3. The van der Waals surface area contributed by atoms with Crippen LogP contribution >= 0.6 is 11.3 Å². The first-order valence-electron chi connectivity index (χ1n) is 5.54. The largest absolute Gasteiger partial charge is 0.330 e. The maximum Gasteiger partial charge on any atom is 0.0897 e. The van der Waals surface area contributed by atoms with Gasteiger partial charge in [-0.15, -0.1) is 11.3 Å². The zero-order valence-electron chi connectivity index (χ0n) is 9.44. The summed E-state index contributed by atoms with van der Waals surface area (Å²) in [6, 6.07) is 0.653. The molecule has 1 aromatic heterocycles. The van der Waals surface area contributed by atoms with Crippen LogP contribution < -0.4 is 5.73 Å². The van der Waals surface area contributed by atoms with Gasteiger partial charge in [0.2, 0.25) is 0 Å². The lowest BCUT2D eigenvalue weighted by molar-refractivity contribution is 0.253. The fourth-order valence-corrected chi connectivity index (χ4v) is 2.90. The normalized spacial score (nSPS) is 27.4. The summed E-state index contributed by atoms with van der Waals surface area (Å²) in [7, 11) is 0. The lowest BCUT2D eigenvalue weighted by atomic mass is 10.1. The van der Waals surface area contributed by atoms with Crippen LogP contribution in [0.25, 0.3) is 0 Å². The van der Waals surface area contributed by atoms with E-state index in [9.17, 15) is 0 Å². The van der Waals surface area contributed by atoms with Gasteiger partial charge in [-0.2, -0.15) is 0 Å². The lowest BCUT2D eigenvalue weighted by Gasteiger charge is -2.19. The first-order valence-corrected chi connectivity index (χ1v) is 6.42. The first-order chi connectivity index (χ1) is 7.19. The number of hydrogen-bond acceptors (Lipinski definition) is 4. The molecule has 0 bridgehead atoms. The van der Waals surface area contributed by atoms with Crippen LogP contribution in [0.15, 0.2) is 5.38 Å². The summed E-state index contributed by atoms with van der Waals surface area (Å²) in [6.45, 7) is 7.28. The minimum absolute atomic E-state index is 0.653. The third-order valence-corrected chi connectivity index (χ3v) is 3.98. The molecular weight excluding hydrogens is 206 g/mol. The standard InChI is InChI=1S/C11H19N3S/c1-8-3-10(4-12)5-14(8)6-11-7-15-9(2)13-11/h7-8,10H,3-6,12H2,1-2H3. The molecular formula is C11H19N3S. The highest BCUT2D eigenvalue weighted by molar-refractivity contribution is 7.09. The summed E-state index contributed by atoms with van der Waals surface area (Å²) in [5.74, 6) is 0.680. The third kappa shape index (κ3) is 2.56. The molecule has 1 aliphatic heterocycles. The van der Waals surface area contributed by atoms with Crippen molar-refractivity contribution >= 4 is 11.3 Å². The Morgan fingerprint density at radius 3 is 3.00 bits per heavy atom. The van der Waals surface area contributed by atoms with Crippen molar-refractivity contribution in [2.75, 3.05) is 13.1 Å². The topological polar surface area (TPSA) is 42.2 Å². The van der Waals surface area contributed by atoms with E-state index in [1.165, 1.54) is 12.1 Å². The minimum atomic E-state index is 0.653. The van der Waals surface area contributed by atoms with Crippen molar-refractivity contribution < 1.29 is 0 Å². The van der Waals surface area contributed by atoms with Gasteiger partial charge in [0, 0.05) is 24.5 Å². The van der Waals surface area contributed by atoms with Gasteiger partial charge in [-0.25, -0.2) is 4.98 Å². The average Bonchev–Trinajstić information content (AvgIpc) is 2.75. The van der Waals surface area contributed by atoms with Gasteiger partial charge in [0.25, 0.3) is 0 Å². The van der Waals surface area contributed by atoms with Crippen LogP contribution in [0, 0.1) is 12.8 Å². The van der Waals surface area contributed by atoms with Crippen molar-refractivity contribution in [2.24, 2.45) is 11.7 Å². The van der Waals surface area contributed by atoms with Gasteiger partial charge in [-0.1, -0.05) is 0 Å². The molecule has 0 amide bonds. The molecule has 1 fully saturated rings. The van der Waals surface area contributed by atoms with E-state index < -0.39 is 0 Å². The second kappa shape index (κ2) is 4.60. The number of likely N-dealkylation sites (tertiary alicyclic amines) is 1. The molecule has 2 N–H and O–H groups in total. The van der Waals surface area contributed by atoms with E-state index in [0.29, 0.717) is 12.0 Å². The average molecular weight is 225 g/mol. The van der Waals surface area contributed by atoms with Crippen molar-refractivity contribution in [2.45, 2.75) is 32.9 Å². The summed E-state index contributed by atoms with van der Waals surface area (Å²) in [5.41, 5.74) is 6.93. The van der Waals surface area contributed by atoms with Crippen LogP contribution in [0.5, 0.6) is 0 Å². The number of hydrogen-bond donors (Lipinski definition) is 1. The van der Waals surface area contributed by atoms with Gasteiger partial charge in [0.1, 0.15) is 0 Å². The Bertz CT molecular complexity index is 323. The Morgan fingerprint density at radius 2 is 2.47 bits per heavy atom. The predicted molar refractivity (Wildman–Crippen MR) is 63.9 cm³/mol. The number of aromatic nitrogens is 1. The Morgan fingerprint density at radius 1 is 1.67 bits per heavy atom. The molecule has 0 spiro atoms. The fourth-order valence-electron chi connectivity index (χ4n) is 2.30. The molecule has 2 atom stereocenters. The highest BCUT2D eigenvalue weighted by atomic mass is 32.1. The third-order valence-electron chi connectivity index (χ3n) is 3.16. The Balaban J connectivity index is 1.95. The highest BCUT2D eigenvalue weighted by Gasteiger charge is 2.28. The fraction of sp³-hybridized carbons (Fsp3) is 0.727. The summed E-state index contributed by atoms with van der Waals surface area (Å²) < 4.78 is 0. The van der Waals surface area contributed by atoms with Crippen LogP contribution in [-0.4, -0.2) is 29.0 Å². The smallest absolute Gasteiger partial charge is 0.0897 e. The van der Waals surface area contributed by atoms with Crippen molar-refractivity contribution in [1.29, 1.82) is 0 Å². The second-order valence-corrected chi connectivity index (χ2v) is 5.54. The maximum atomic E-state index is 5.72. The van der Waals surface area contributed by atoms with E-state index in [-0.39, 0.29) is 0 Å². The molecule has 1 aliphatic rings. The van der Waals surface area contributed by atoms with Crippen molar-refractivity contribution in [3.05, 3.63) is 16.1 Å². The zero-order valence-corrected chi connectivity index (χ0v) is 10.3. The van der Waals surface area contributed by atoms with Crippen LogP contribution in [0.3, 0.4) is 0 Å². The van der Waals surface area contributed by atoms with Crippen LogP contribution in [0.4, 0.5) is 0 Å². The van der Waals surface area contributed by atoms with Gasteiger partial charge in [0.15, 0.2) is 0 Å². The van der Waals surface area contributed by atoms with Gasteiger partial charge in [-0.3, -0.25) is 4.90 Å². The molecule has 0 saturated carbocycles. The molecule has 84 valence electrons. The molecule has 1 saturated heterocycles.